The van der Waals surface area contributed by atoms with Crippen molar-refractivity contribution < 1.29 is 14.3 Å². The Balaban J connectivity index is 1.70. The molecule has 1 atom stereocenters. The van der Waals surface area contributed by atoms with E-state index in [4.69, 9.17) is 9.47 Å². The summed E-state index contributed by atoms with van der Waals surface area (Å²) in [5.74, 6) is 0.240. The molecular formula is C23H28N2O3. The van der Waals surface area contributed by atoms with Gasteiger partial charge in [0.25, 0.3) is 5.91 Å². The van der Waals surface area contributed by atoms with Crippen LogP contribution in [-0.4, -0.2) is 31.8 Å². The largest absolute Gasteiger partial charge is 0.479 e. The molecule has 0 radical (unpaired) electrons. The van der Waals surface area contributed by atoms with Crippen molar-refractivity contribution in [1.82, 2.24) is 5.32 Å². The fourth-order valence-electron chi connectivity index (χ4n) is 2.71. The van der Waals surface area contributed by atoms with E-state index in [0.29, 0.717) is 31.1 Å². The molecule has 0 bridgehead atoms. The fourth-order valence-corrected chi connectivity index (χ4v) is 2.71. The van der Waals surface area contributed by atoms with Crippen LogP contribution in [0.1, 0.15) is 31.4 Å². The molecule has 0 saturated carbocycles. The second-order valence-corrected chi connectivity index (χ2v) is 6.88. The number of carbonyl (C=O) groups excluding carboxylic acids is 1. The molecular weight excluding hydrogens is 352 g/mol. The highest BCUT2D eigenvalue weighted by Gasteiger charge is 2.24. The van der Waals surface area contributed by atoms with Gasteiger partial charge in [0.15, 0.2) is 6.10 Å². The summed E-state index contributed by atoms with van der Waals surface area (Å²) in [7, 11) is 0. The average molecular weight is 380 g/mol. The van der Waals surface area contributed by atoms with E-state index in [1.54, 1.807) is 24.3 Å². The number of nitrogens with zero attached hydrogens (tertiary/aromatic N) is 1. The van der Waals surface area contributed by atoms with Gasteiger partial charge in [-0.05, 0) is 36.5 Å². The zero-order valence-corrected chi connectivity index (χ0v) is 16.6. The second-order valence-electron chi connectivity index (χ2n) is 6.88. The Kier molecular flexibility index (Phi) is 9.03. The van der Waals surface area contributed by atoms with Crippen molar-refractivity contribution in [3.05, 3.63) is 65.7 Å². The zero-order chi connectivity index (χ0) is 20.2. The van der Waals surface area contributed by atoms with Crippen molar-refractivity contribution in [2.24, 2.45) is 5.92 Å². The summed E-state index contributed by atoms with van der Waals surface area (Å²) < 4.78 is 11.5. The standard InChI is InChI=1S/C23H28N2O3/c1-18(2)22(28-21-12-7-6-11-20(21)17-24)23(26)25-14-8-15-27-16-13-19-9-4-3-5-10-19/h3-7,9-12,18,22H,8,13-16H2,1-2H3,(H,25,26). The Bertz CT molecular complexity index is 769. The molecule has 5 heteroatoms. The molecule has 2 aromatic carbocycles. The predicted molar refractivity (Wildman–Crippen MR) is 109 cm³/mol. The number of ether oxygens (including phenoxy) is 2. The molecule has 0 aliphatic heterocycles. The summed E-state index contributed by atoms with van der Waals surface area (Å²) in [6.45, 7) is 5.63. The summed E-state index contributed by atoms with van der Waals surface area (Å²) in [6.07, 6.45) is 0.975. The highest BCUT2D eigenvalue weighted by molar-refractivity contribution is 5.81. The number of nitriles is 1. The second kappa shape index (κ2) is 11.8. The highest BCUT2D eigenvalue weighted by Crippen LogP contribution is 2.20. The van der Waals surface area contributed by atoms with Gasteiger partial charge >= 0.3 is 0 Å². The van der Waals surface area contributed by atoms with Crippen LogP contribution in [0, 0.1) is 17.2 Å². The summed E-state index contributed by atoms with van der Waals surface area (Å²) in [5, 5.41) is 12.1. The van der Waals surface area contributed by atoms with E-state index in [9.17, 15) is 10.1 Å². The first-order valence-electron chi connectivity index (χ1n) is 9.67. The monoisotopic (exact) mass is 380 g/mol. The number of carbonyl (C=O) groups is 1. The van der Waals surface area contributed by atoms with Crippen molar-refractivity contribution in [1.29, 1.82) is 5.26 Å². The van der Waals surface area contributed by atoms with Gasteiger partial charge in [-0.3, -0.25) is 4.79 Å². The Morgan fingerprint density at radius 1 is 1.07 bits per heavy atom. The molecule has 2 rings (SSSR count). The van der Waals surface area contributed by atoms with Crippen LogP contribution in [0.4, 0.5) is 0 Å². The van der Waals surface area contributed by atoms with E-state index in [1.165, 1.54) is 5.56 Å². The molecule has 1 unspecified atom stereocenters. The van der Waals surface area contributed by atoms with E-state index < -0.39 is 6.10 Å². The molecule has 0 fully saturated rings. The van der Waals surface area contributed by atoms with Gasteiger partial charge in [0, 0.05) is 13.2 Å². The van der Waals surface area contributed by atoms with Crippen LogP contribution in [-0.2, 0) is 16.0 Å². The Morgan fingerprint density at radius 3 is 2.50 bits per heavy atom. The third-order valence-electron chi connectivity index (χ3n) is 4.27. The summed E-state index contributed by atoms with van der Waals surface area (Å²) >= 11 is 0. The maximum Gasteiger partial charge on any atom is 0.261 e. The molecule has 28 heavy (non-hydrogen) atoms. The van der Waals surface area contributed by atoms with Gasteiger partial charge in [-0.1, -0.05) is 56.3 Å². The zero-order valence-electron chi connectivity index (χ0n) is 16.6. The lowest BCUT2D eigenvalue weighted by molar-refractivity contribution is -0.129. The maximum atomic E-state index is 12.5. The first-order valence-corrected chi connectivity index (χ1v) is 9.67. The lowest BCUT2D eigenvalue weighted by Crippen LogP contribution is -2.42. The van der Waals surface area contributed by atoms with Crippen LogP contribution >= 0.6 is 0 Å². The van der Waals surface area contributed by atoms with Crippen LogP contribution in [0.25, 0.3) is 0 Å². The van der Waals surface area contributed by atoms with Crippen LogP contribution in [0.15, 0.2) is 54.6 Å². The predicted octanol–water partition coefficient (Wildman–Crippen LogP) is 3.73. The molecule has 0 spiro atoms. The van der Waals surface area contributed by atoms with E-state index in [1.807, 2.05) is 32.0 Å². The molecule has 0 aliphatic carbocycles. The number of benzene rings is 2. The topological polar surface area (TPSA) is 71.3 Å². The first-order chi connectivity index (χ1) is 13.6. The molecule has 0 heterocycles. The minimum absolute atomic E-state index is 0.0196. The smallest absolute Gasteiger partial charge is 0.261 e. The highest BCUT2D eigenvalue weighted by atomic mass is 16.5. The van der Waals surface area contributed by atoms with Gasteiger partial charge in [-0.2, -0.15) is 5.26 Å². The van der Waals surface area contributed by atoms with Crippen molar-refractivity contribution >= 4 is 5.91 Å². The summed E-state index contributed by atoms with van der Waals surface area (Å²) in [6, 6.07) is 19.2. The minimum Gasteiger partial charge on any atom is -0.479 e. The number of amides is 1. The summed E-state index contributed by atoms with van der Waals surface area (Å²) in [5.41, 5.74) is 1.68. The van der Waals surface area contributed by atoms with Crippen LogP contribution in [0.5, 0.6) is 5.75 Å². The molecule has 0 aromatic heterocycles. The minimum atomic E-state index is -0.645. The third kappa shape index (κ3) is 7.05. The van der Waals surface area contributed by atoms with Crippen molar-refractivity contribution in [2.75, 3.05) is 19.8 Å². The number of nitrogens with one attached hydrogen (secondary N) is 1. The molecule has 1 amide bonds. The molecule has 0 aliphatic rings. The van der Waals surface area contributed by atoms with E-state index in [0.717, 1.165) is 12.8 Å². The summed E-state index contributed by atoms with van der Waals surface area (Å²) in [4.78, 5) is 12.5. The SMILES string of the molecule is CC(C)C(Oc1ccccc1C#N)C(=O)NCCCOCCc1ccccc1. The van der Waals surface area contributed by atoms with Crippen molar-refractivity contribution in [2.45, 2.75) is 32.8 Å². The number of hydrogen-bond acceptors (Lipinski definition) is 4. The van der Waals surface area contributed by atoms with Crippen LogP contribution < -0.4 is 10.1 Å². The van der Waals surface area contributed by atoms with E-state index >= 15 is 0 Å². The Morgan fingerprint density at radius 2 is 1.79 bits per heavy atom. The maximum absolute atomic E-state index is 12.5. The quantitative estimate of drug-likeness (QED) is 0.603. The Labute approximate surface area is 167 Å². The van der Waals surface area contributed by atoms with Crippen molar-refractivity contribution in [3.8, 4) is 11.8 Å². The third-order valence-corrected chi connectivity index (χ3v) is 4.27. The molecule has 2 aromatic rings. The number of para-hydroxylation sites is 1. The van der Waals surface area contributed by atoms with Gasteiger partial charge in [0.05, 0.1) is 12.2 Å². The Hall–Kier alpha value is -2.84. The lowest BCUT2D eigenvalue weighted by atomic mass is 10.1. The van der Waals surface area contributed by atoms with Gasteiger partial charge in [-0.25, -0.2) is 0 Å². The molecule has 0 saturated heterocycles. The normalized spacial score (nSPS) is 11.6. The fraction of sp³-hybridized carbons (Fsp3) is 0.391. The lowest BCUT2D eigenvalue weighted by Gasteiger charge is -2.22. The van der Waals surface area contributed by atoms with Gasteiger partial charge in [0.1, 0.15) is 11.8 Å². The van der Waals surface area contributed by atoms with E-state index in [2.05, 4.69) is 23.5 Å². The molecule has 1 N–H and O–H groups in total. The van der Waals surface area contributed by atoms with Crippen LogP contribution in [0.2, 0.25) is 0 Å². The first kappa shape index (κ1) is 21.5. The van der Waals surface area contributed by atoms with Gasteiger partial charge in [-0.15, -0.1) is 0 Å². The van der Waals surface area contributed by atoms with Gasteiger partial charge < -0.3 is 14.8 Å². The number of rotatable bonds is 11. The van der Waals surface area contributed by atoms with Crippen LogP contribution in [0.3, 0.4) is 0 Å². The molecule has 148 valence electrons. The van der Waals surface area contributed by atoms with E-state index in [-0.39, 0.29) is 11.8 Å². The molecule has 5 nitrogen and oxygen atoms in total. The van der Waals surface area contributed by atoms with Gasteiger partial charge in [0.2, 0.25) is 0 Å². The number of hydrogen-bond donors (Lipinski definition) is 1. The van der Waals surface area contributed by atoms with Crippen molar-refractivity contribution in [3.63, 3.8) is 0 Å². The average Bonchev–Trinajstić information content (AvgIpc) is 2.71.